The molecule has 0 saturated carbocycles. The lowest BCUT2D eigenvalue weighted by Gasteiger charge is -2.33. The molecule has 2 aromatic carbocycles. The summed E-state index contributed by atoms with van der Waals surface area (Å²) in [6.45, 7) is 7.24. The first-order valence-corrected chi connectivity index (χ1v) is 10.9. The third-order valence-electron chi connectivity index (χ3n) is 5.93. The lowest BCUT2D eigenvalue weighted by Crippen LogP contribution is -2.41. The van der Waals surface area contributed by atoms with Gasteiger partial charge in [0.15, 0.2) is 17.5 Å². The van der Waals surface area contributed by atoms with Crippen LogP contribution in [0.2, 0.25) is 0 Å². The Balaban J connectivity index is 1.37. The van der Waals surface area contributed by atoms with E-state index in [9.17, 15) is 4.79 Å². The fourth-order valence-corrected chi connectivity index (χ4v) is 4.11. The highest BCUT2D eigenvalue weighted by atomic mass is 16.3. The Morgan fingerprint density at radius 3 is 2.41 bits per heavy atom. The van der Waals surface area contributed by atoms with Crippen LogP contribution in [-0.2, 0) is 6.54 Å². The van der Waals surface area contributed by atoms with E-state index in [4.69, 9.17) is 4.42 Å². The molecule has 162 valence electrons. The minimum Gasteiger partial charge on any atom is -0.448 e. The summed E-state index contributed by atoms with van der Waals surface area (Å²) >= 11 is 0. The van der Waals surface area contributed by atoms with E-state index >= 15 is 0 Å². The van der Waals surface area contributed by atoms with Crippen LogP contribution in [0.25, 0.3) is 22.6 Å². The van der Waals surface area contributed by atoms with E-state index < -0.39 is 0 Å². The van der Waals surface area contributed by atoms with Gasteiger partial charge in [-0.2, -0.15) is 0 Å². The number of aromatic nitrogens is 4. The highest BCUT2D eigenvalue weighted by molar-refractivity contribution is 5.95. The van der Waals surface area contributed by atoms with Gasteiger partial charge in [-0.3, -0.25) is 4.79 Å². The van der Waals surface area contributed by atoms with E-state index in [1.807, 2.05) is 72.7 Å². The quantitative estimate of drug-likeness (QED) is 0.461. The average Bonchev–Trinajstić information content (AvgIpc) is 3.47. The highest BCUT2D eigenvalue weighted by Gasteiger charge is 2.32. The minimum absolute atomic E-state index is 0.00329. The van der Waals surface area contributed by atoms with Gasteiger partial charge in [0, 0.05) is 24.6 Å². The van der Waals surface area contributed by atoms with Crippen LogP contribution < -0.4 is 0 Å². The molecule has 0 unspecified atom stereocenters. The van der Waals surface area contributed by atoms with Gasteiger partial charge in [-0.05, 0) is 30.2 Å². The summed E-state index contributed by atoms with van der Waals surface area (Å²) in [7, 11) is 0. The summed E-state index contributed by atoms with van der Waals surface area (Å²) in [6, 6.07) is 17.7. The normalized spacial score (nSPS) is 15.8. The zero-order valence-corrected chi connectivity index (χ0v) is 18.4. The molecule has 5 rings (SSSR count). The molecule has 4 aromatic rings. The molecule has 7 nitrogen and oxygen atoms in total. The molecule has 0 N–H and O–H groups in total. The van der Waals surface area contributed by atoms with Crippen molar-refractivity contribution >= 4 is 5.91 Å². The van der Waals surface area contributed by atoms with Gasteiger partial charge < -0.3 is 13.9 Å². The van der Waals surface area contributed by atoms with E-state index in [-0.39, 0.29) is 17.9 Å². The Bertz CT molecular complexity index is 1240. The number of fused-ring (bicyclic) bond motifs is 1. The van der Waals surface area contributed by atoms with Gasteiger partial charge in [0.2, 0.25) is 0 Å². The highest BCUT2D eigenvalue weighted by Crippen LogP contribution is 2.30. The summed E-state index contributed by atoms with van der Waals surface area (Å²) in [6.07, 6.45) is 1.63. The number of oxazole rings is 1. The van der Waals surface area contributed by atoms with Crippen molar-refractivity contribution in [2.75, 3.05) is 6.54 Å². The first kappa shape index (κ1) is 20.2. The van der Waals surface area contributed by atoms with Gasteiger partial charge in [0.1, 0.15) is 12.0 Å². The molecule has 1 aliphatic rings. The fraction of sp³-hybridized carbons (Fsp3) is 0.280. The van der Waals surface area contributed by atoms with Crippen LogP contribution in [0.1, 0.15) is 54.8 Å². The molecule has 3 heterocycles. The van der Waals surface area contributed by atoms with Crippen LogP contribution in [0.4, 0.5) is 0 Å². The van der Waals surface area contributed by atoms with Crippen LogP contribution in [-0.4, -0.2) is 37.1 Å². The van der Waals surface area contributed by atoms with Crippen LogP contribution in [0.15, 0.2) is 65.3 Å². The summed E-state index contributed by atoms with van der Waals surface area (Å²) < 4.78 is 7.61. The van der Waals surface area contributed by atoms with Crippen molar-refractivity contribution in [1.82, 2.24) is 24.6 Å². The Hall–Kier alpha value is -3.74. The smallest absolute Gasteiger partial charge is 0.254 e. The predicted molar refractivity (Wildman–Crippen MR) is 121 cm³/mol. The number of hydrogen-bond donors (Lipinski definition) is 0. The van der Waals surface area contributed by atoms with E-state index in [1.165, 1.54) is 0 Å². The van der Waals surface area contributed by atoms with Gasteiger partial charge >= 0.3 is 0 Å². The molecule has 1 atom stereocenters. The molecule has 32 heavy (non-hydrogen) atoms. The van der Waals surface area contributed by atoms with Crippen molar-refractivity contribution in [1.29, 1.82) is 0 Å². The second-order valence-corrected chi connectivity index (χ2v) is 8.38. The van der Waals surface area contributed by atoms with Crippen molar-refractivity contribution in [2.45, 2.75) is 39.3 Å². The Labute approximate surface area is 186 Å². The summed E-state index contributed by atoms with van der Waals surface area (Å²) in [4.78, 5) is 19.7. The largest absolute Gasteiger partial charge is 0.448 e. The van der Waals surface area contributed by atoms with Crippen LogP contribution >= 0.6 is 0 Å². The maximum absolute atomic E-state index is 13.3. The van der Waals surface area contributed by atoms with Crippen molar-refractivity contribution in [3.63, 3.8) is 0 Å². The fourth-order valence-electron chi connectivity index (χ4n) is 4.11. The zero-order valence-electron chi connectivity index (χ0n) is 18.4. The first-order chi connectivity index (χ1) is 15.5. The summed E-state index contributed by atoms with van der Waals surface area (Å²) in [5, 5.41) is 8.74. The second kappa shape index (κ2) is 8.07. The third-order valence-corrected chi connectivity index (χ3v) is 5.93. The van der Waals surface area contributed by atoms with Crippen molar-refractivity contribution in [2.24, 2.45) is 0 Å². The molecule has 0 saturated heterocycles. The van der Waals surface area contributed by atoms with Gasteiger partial charge in [-0.1, -0.05) is 56.3 Å². The molecule has 1 amide bonds. The molecular formula is C25H25N5O2. The molecular weight excluding hydrogens is 402 g/mol. The molecule has 1 aliphatic heterocycles. The van der Waals surface area contributed by atoms with Gasteiger partial charge in [-0.25, -0.2) is 4.98 Å². The zero-order chi connectivity index (χ0) is 22.2. The van der Waals surface area contributed by atoms with E-state index in [1.54, 1.807) is 6.26 Å². The SMILES string of the molecule is CC(C)c1nc(-c2nnc3n2CCN(C(=O)c2ccc(-c4ccccc4)cc2)[C@@H]3C)co1. The van der Waals surface area contributed by atoms with Crippen LogP contribution in [0, 0.1) is 0 Å². The monoisotopic (exact) mass is 427 g/mol. The standard InChI is InChI=1S/C25H25N5O2/c1-16(2)24-26-21(15-32-24)23-28-27-22-17(3)29(13-14-30(22)23)25(31)20-11-9-19(10-12-20)18-7-5-4-6-8-18/h4-12,15-17H,13-14H2,1-3H3/t17-/m1/s1. The molecule has 0 spiro atoms. The predicted octanol–water partition coefficient (Wildman–Crippen LogP) is 4.94. The average molecular weight is 428 g/mol. The number of nitrogens with zero attached hydrogens (tertiary/aromatic N) is 5. The van der Waals surface area contributed by atoms with Gasteiger partial charge in [0.05, 0.1) is 6.04 Å². The van der Waals surface area contributed by atoms with E-state index in [0.717, 1.165) is 17.0 Å². The molecule has 0 bridgehead atoms. The molecule has 0 aliphatic carbocycles. The Morgan fingerprint density at radius 2 is 1.72 bits per heavy atom. The lowest BCUT2D eigenvalue weighted by molar-refractivity contribution is 0.0638. The first-order valence-electron chi connectivity index (χ1n) is 10.9. The third kappa shape index (κ3) is 3.49. The number of benzene rings is 2. The topological polar surface area (TPSA) is 77.1 Å². The lowest BCUT2D eigenvalue weighted by atomic mass is 10.0. The number of hydrogen-bond acceptors (Lipinski definition) is 5. The van der Waals surface area contributed by atoms with Crippen molar-refractivity contribution in [3.05, 3.63) is 78.1 Å². The van der Waals surface area contributed by atoms with Crippen molar-refractivity contribution < 1.29 is 9.21 Å². The number of carbonyl (C=O) groups is 1. The Morgan fingerprint density at radius 1 is 1.00 bits per heavy atom. The maximum atomic E-state index is 13.3. The number of rotatable bonds is 4. The molecule has 0 fully saturated rings. The van der Waals surface area contributed by atoms with Gasteiger partial charge in [0.25, 0.3) is 5.91 Å². The van der Waals surface area contributed by atoms with Crippen LogP contribution in [0.5, 0.6) is 0 Å². The molecule has 0 radical (unpaired) electrons. The number of carbonyl (C=O) groups excluding carboxylic acids is 1. The van der Waals surface area contributed by atoms with E-state index in [0.29, 0.717) is 36.1 Å². The van der Waals surface area contributed by atoms with Crippen molar-refractivity contribution in [3.8, 4) is 22.6 Å². The molecule has 2 aromatic heterocycles. The minimum atomic E-state index is -0.192. The molecule has 7 heteroatoms. The number of amides is 1. The second-order valence-electron chi connectivity index (χ2n) is 8.38. The van der Waals surface area contributed by atoms with Crippen LogP contribution in [0.3, 0.4) is 0 Å². The van der Waals surface area contributed by atoms with Gasteiger partial charge in [-0.15, -0.1) is 10.2 Å². The summed E-state index contributed by atoms with van der Waals surface area (Å²) in [5.74, 6) is 2.32. The van der Waals surface area contributed by atoms with E-state index in [2.05, 4.69) is 27.3 Å². The summed E-state index contributed by atoms with van der Waals surface area (Å²) in [5.41, 5.74) is 3.57. The Kier molecular flexibility index (Phi) is 5.09. The maximum Gasteiger partial charge on any atom is 0.254 e.